The minimum Gasteiger partial charge on any atom is -0.483 e. The van der Waals surface area contributed by atoms with Crippen molar-refractivity contribution in [1.82, 2.24) is 20.9 Å². The maximum Gasteiger partial charge on any atom is 0.258 e. The number of para-hydroxylation sites is 1. The zero-order chi connectivity index (χ0) is 33.1. The van der Waals surface area contributed by atoms with Crippen LogP contribution in [0.25, 0.3) is 0 Å². The first kappa shape index (κ1) is 34.8. The van der Waals surface area contributed by atoms with Crippen LogP contribution in [0.2, 0.25) is 0 Å². The molecule has 46 heavy (non-hydrogen) atoms. The summed E-state index contributed by atoms with van der Waals surface area (Å²) in [6.07, 6.45) is -0.251. The Morgan fingerprint density at radius 3 is 2.04 bits per heavy atom. The molecule has 2 amide bonds. The van der Waals surface area contributed by atoms with E-state index in [2.05, 4.69) is 20.9 Å². The number of benzene rings is 3. The van der Waals surface area contributed by atoms with E-state index in [-0.39, 0.29) is 31.3 Å². The fourth-order valence-electron chi connectivity index (χ4n) is 6.09. The number of amides is 2. The van der Waals surface area contributed by atoms with Crippen molar-refractivity contribution in [3.05, 3.63) is 101 Å². The highest BCUT2D eigenvalue weighted by Crippen LogP contribution is 2.22. The SMILES string of the molecule is Cc1cccc(C)c1OCC(=O)NC(Cc1ccccc1)C(O)C(=O)C(Cc1ccccc1)NC(=O)C(C(C)C)N1CCCNC1. The summed E-state index contributed by atoms with van der Waals surface area (Å²) in [6.45, 7) is 9.79. The summed E-state index contributed by atoms with van der Waals surface area (Å²) in [5, 5.41) is 20.8. The van der Waals surface area contributed by atoms with Crippen molar-refractivity contribution in [1.29, 1.82) is 0 Å². The number of nitrogens with zero attached hydrogens (tertiary/aromatic N) is 1. The summed E-state index contributed by atoms with van der Waals surface area (Å²) in [4.78, 5) is 43.3. The highest BCUT2D eigenvalue weighted by atomic mass is 16.5. The third kappa shape index (κ3) is 9.72. The maximum atomic E-state index is 14.2. The van der Waals surface area contributed by atoms with E-state index in [4.69, 9.17) is 4.74 Å². The number of carbonyl (C=O) groups excluding carboxylic acids is 3. The number of Topliss-reactive ketones (excluding diaryl/α,β-unsaturated/α-hetero) is 1. The molecule has 0 saturated carbocycles. The smallest absolute Gasteiger partial charge is 0.258 e. The summed E-state index contributed by atoms with van der Waals surface area (Å²) in [7, 11) is 0. The van der Waals surface area contributed by atoms with Crippen LogP contribution < -0.4 is 20.7 Å². The van der Waals surface area contributed by atoms with Crippen LogP contribution in [0, 0.1) is 19.8 Å². The van der Waals surface area contributed by atoms with Crippen molar-refractivity contribution in [2.24, 2.45) is 5.92 Å². The van der Waals surface area contributed by atoms with Crippen LogP contribution in [0.5, 0.6) is 5.75 Å². The molecule has 0 bridgehead atoms. The molecule has 246 valence electrons. The van der Waals surface area contributed by atoms with Gasteiger partial charge in [-0.3, -0.25) is 19.3 Å². The Morgan fingerprint density at radius 1 is 0.870 bits per heavy atom. The number of rotatable bonds is 15. The first-order valence-corrected chi connectivity index (χ1v) is 16.2. The standard InChI is InChI=1S/C37H48N4O5/c1-25(2)33(41-20-12-19-38-24-41)37(45)40-31(22-29-17-9-6-10-18-29)35(44)34(43)30(21-28-15-7-5-8-16-28)39-32(42)23-46-36-26(3)13-11-14-27(36)4/h5-11,13-18,25,30-31,33-34,38,43H,12,19-24H2,1-4H3,(H,39,42)(H,40,45). The summed E-state index contributed by atoms with van der Waals surface area (Å²) >= 11 is 0. The Balaban J connectivity index is 1.56. The molecule has 0 spiro atoms. The minimum absolute atomic E-state index is 0.000642. The highest BCUT2D eigenvalue weighted by molar-refractivity contribution is 5.94. The molecule has 1 saturated heterocycles. The van der Waals surface area contributed by atoms with E-state index in [1.165, 1.54) is 0 Å². The summed E-state index contributed by atoms with van der Waals surface area (Å²) < 4.78 is 5.86. The topological polar surface area (TPSA) is 120 Å². The second-order valence-corrected chi connectivity index (χ2v) is 12.5. The molecule has 4 N–H and O–H groups in total. The van der Waals surface area contributed by atoms with Crippen LogP contribution >= 0.6 is 0 Å². The molecular formula is C37H48N4O5. The van der Waals surface area contributed by atoms with E-state index in [1.54, 1.807) is 0 Å². The fraction of sp³-hybridized carbons (Fsp3) is 0.432. The molecule has 0 aliphatic carbocycles. The number of nitrogens with one attached hydrogen (secondary N) is 3. The minimum atomic E-state index is -1.59. The second kappa shape index (κ2) is 17.0. The van der Waals surface area contributed by atoms with Gasteiger partial charge < -0.3 is 25.8 Å². The molecule has 3 aromatic carbocycles. The predicted molar refractivity (Wildman–Crippen MR) is 179 cm³/mol. The summed E-state index contributed by atoms with van der Waals surface area (Å²) in [5.41, 5.74) is 3.50. The number of aliphatic hydroxyl groups is 1. The Kier molecular flexibility index (Phi) is 12.9. The van der Waals surface area contributed by atoms with Crippen molar-refractivity contribution in [2.75, 3.05) is 26.4 Å². The quantitative estimate of drug-likeness (QED) is 0.204. The van der Waals surface area contributed by atoms with Crippen LogP contribution in [-0.2, 0) is 27.2 Å². The van der Waals surface area contributed by atoms with Gasteiger partial charge in [0.25, 0.3) is 5.91 Å². The van der Waals surface area contributed by atoms with Crippen LogP contribution in [0.1, 0.15) is 42.5 Å². The molecule has 0 radical (unpaired) electrons. The van der Waals surface area contributed by atoms with Gasteiger partial charge in [-0.05, 0) is 67.8 Å². The number of aryl methyl sites for hydroxylation is 2. The van der Waals surface area contributed by atoms with Gasteiger partial charge in [0.2, 0.25) is 5.91 Å². The Morgan fingerprint density at radius 2 is 1.48 bits per heavy atom. The monoisotopic (exact) mass is 628 g/mol. The number of carbonyl (C=O) groups is 3. The van der Waals surface area contributed by atoms with Crippen molar-refractivity contribution in [3.63, 3.8) is 0 Å². The number of ketones is 1. The van der Waals surface area contributed by atoms with Gasteiger partial charge in [0, 0.05) is 13.2 Å². The van der Waals surface area contributed by atoms with Gasteiger partial charge in [0.1, 0.15) is 11.9 Å². The molecule has 4 rings (SSSR count). The summed E-state index contributed by atoms with van der Waals surface area (Å²) in [5.74, 6) is -0.654. The largest absolute Gasteiger partial charge is 0.483 e. The number of aliphatic hydroxyl groups excluding tert-OH is 1. The molecule has 4 atom stereocenters. The molecule has 1 aliphatic rings. The number of ether oxygens (including phenoxy) is 1. The van der Waals surface area contributed by atoms with Gasteiger partial charge in [-0.25, -0.2) is 0 Å². The molecular weight excluding hydrogens is 580 g/mol. The molecule has 0 aromatic heterocycles. The number of hydrogen-bond donors (Lipinski definition) is 4. The Labute approximate surface area is 272 Å². The predicted octanol–water partition coefficient (Wildman–Crippen LogP) is 3.34. The van der Waals surface area contributed by atoms with E-state index in [0.717, 1.165) is 41.8 Å². The fourth-order valence-corrected chi connectivity index (χ4v) is 6.09. The van der Waals surface area contributed by atoms with Crippen LogP contribution in [0.3, 0.4) is 0 Å². The lowest BCUT2D eigenvalue weighted by molar-refractivity contribution is -0.137. The van der Waals surface area contributed by atoms with Crippen LogP contribution in [0.4, 0.5) is 0 Å². The Hall–Kier alpha value is -4.05. The summed E-state index contributed by atoms with van der Waals surface area (Å²) in [6, 6.07) is 22.1. The zero-order valence-electron chi connectivity index (χ0n) is 27.4. The molecule has 4 unspecified atom stereocenters. The lowest BCUT2D eigenvalue weighted by Gasteiger charge is -2.37. The highest BCUT2D eigenvalue weighted by Gasteiger charge is 2.37. The molecule has 9 heteroatoms. The van der Waals surface area contributed by atoms with E-state index in [9.17, 15) is 19.5 Å². The third-order valence-electron chi connectivity index (χ3n) is 8.42. The van der Waals surface area contributed by atoms with Gasteiger partial charge in [0.15, 0.2) is 12.4 Å². The van der Waals surface area contributed by atoms with E-state index in [1.807, 2.05) is 107 Å². The average Bonchev–Trinajstić information content (AvgIpc) is 3.04. The van der Waals surface area contributed by atoms with Gasteiger partial charge in [-0.1, -0.05) is 92.7 Å². The average molecular weight is 629 g/mol. The van der Waals surface area contributed by atoms with Gasteiger partial charge in [-0.15, -0.1) is 0 Å². The normalized spacial score (nSPS) is 16.2. The lowest BCUT2D eigenvalue weighted by atomic mass is 9.91. The lowest BCUT2D eigenvalue weighted by Crippen LogP contribution is -2.60. The first-order valence-electron chi connectivity index (χ1n) is 16.2. The van der Waals surface area contributed by atoms with E-state index in [0.29, 0.717) is 12.4 Å². The maximum absolute atomic E-state index is 14.2. The number of hydrogen-bond acceptors (Lipinski definition) is 7. The van der Waals surface area contributed by atoms with E-state index >= 15 is 0 Å². The first-order chi connectivity index (χ1) is 22.1. The van der Waals surface area contributed by atoms with Crippen LogP contribution in [0.15, 0.2) is 78.9 Å². The molecule has 1 heterocycles. The molecule has 1 fully saturated rings. The molecule has 3 aromatic rings. The van der Waals surface area contributed by atoms with Crippen molar-refractivity contribution < 1.29 is 24.2 Å². The van der Waals surface area contributed by atoms with Gasteiger partial charge in [0.05, 0.1) is 18.1 Å². The third-order valence-corrected chi connectivity index (χ3v) is 8.42. The second-order valence-electron chi connectivity index (χ2n) is 12.5. The van der Waals surface area contributed by atoms with Crippen LogP contribution in [-0.4, -0.2) is 78.2 Å². The van der Waals surface area contributed by atoms with Crippen molar-refractivity contribution >= 4 is 17.6 Å². The van der Waals surface area contributed by atoms with Crippen molar-refractivity contribution in [3.8, 4) is 5.75 Å². The van der Waals surface area contributed by atoms with Crippen molar-refractivity contribution in [2.45, 2.75) is 71.2 Å². The van der Waals surface area contributed by atoms with Gasteiger partial charge >= 0.3 is 0 Å². The van der Waals surface area contributed by atoms with Gasteiger partial charge in [-0.2, -0.15) is 0 Å². The Bertz CT molecular complexity index is 1410. The zero-order valence-corrected chi connectivity index (χ0v) is 27.4. The molecule has 9 nitrogen and oxygen atoms in total. The van der Waals surface area contributed by atoms with E-state index < -0.39 is 35.9 Å². The molecule has 1 aliphatic heterocycles.